The average Bonchev–Trinajstić information content (AvgIpc) is 2.83. The maximum absolute atomic E-state index is 13.8. The molecule has 19 heavy (non-hydrogen) atoms. The molecule has 2 rings (SSSR count). The van der Waals surface area contributed by atoms with Crippen molar-refractivity contribution in [2.75, 3.05) is 6.54 Å². The SMILES string of the molecule is CCCNC(Cc1ccccc1F)c1ccoc1Br. The van der Waals surface area contributed by atoms with E-state index in [1.807, 2.05) is 18.2 Å². The van der Waals surface area contributed by atoms with Crippen LogP contribution in [0.15, 0.2) is 45.7 Å². The van der Waals surface area contributed by atoms with Crippen LogP contribution in [0.5, 0.6) is 0 Å². The van der Waals surface area contributed by atoms with E-state index < -0.39 is 0 Å². The molecule has 0 saturated carbocycles. The predicted octanol–water partition coefficient (Wildman–Crippen LogP) is 4.46. The molecule has 102 valence electrons. The number of hydrogen-bond donors (Lipinski definition) is 1. The summed E-state index contributed by atoms with van der Waals surface area (Å²) in [6, 6.07) is 8.85. The maximum Gasteiger partial charge on any atom is 0.173 e. The summed E-state index contributed by atoms with van der Waals surface area (Å²) in [6.45, 7) is 2.99. The number of halogens is 2. The molecule has 2 nitrogen and oxygen atoms in total. The van der Waals surface area contributed by atoms with Crippen LogP contribution in [0.4, 0.5) is 4.39 Å². The van der Waals surface area contributed by atoms with Crippen LogP contribution < -0.4 is 5.32 Å². The lowest BCUT2D eigenvalue weighted by molar-refractivity contribution is 0.490. The van der Waals surface area contributed by atoms with E-state index in [-0.39, 0.29) is 11.9 Å². The third-order valence-corrected chi connectivity index (χ3v) is 3.69. The average molecular weight is 326 g/mol. The van der Waals surface area contributed by atoms with Crippen molar-refractivity contribution < 1.29 is 8.81 Å². The quantitative estimate of drug-likeness (QED) is 0.847. The second-order valence-corrected chi connectivity index (χ2v) is 5.17. The van der Waals surface area contributed by atoms with E-state index in [2.05, 4.69) is 28.2 Å². The zero-order chi connectivity index (χ0) is 13.7. The molecule has 1 aromatic heterocycles. The minimum atomic E-state index is -0.162. The Morgan fingerprint density at radius 3 is 2.74 bits per heavy atom. The molecule has 1 aromatic carbocycles. The Hall–Kier alpha value is -1.13. The molecule has 0 bridgehead atoms. The van der Waals surface area contributed by atoms with Crippen molar-refractivity contribution in [3.63, 3.8) is 0 Å². The molecule has 2 aromatic rings. The Kier molecular flexibility index (Phi) is 5.16. The van der Waals surface area contributed by atoms with E-state index in [1.165, 1.54) is 6.07 Å². The van der Waals surface area contributed by atoms with Crippen LogP contribution in [0.2, 0.25) is 0 Å². The van der Waals surface area contributed by atoms with Crippen LogP contribution in [0.3, 0.4) is 0 Å². The monoisotopic (exact) mass is 325 g/mol. The number of hydrogen-bond acceptors (Lipinski definition) is 2. The molecule has 0 fully saturated rings. The van der Waals surface area contributed by atoms with Crippen molar-refractivity contribution in [2.45, 2.75) is 25.8 Å². The predicted molar refractivity (Wildman–Crippen MR) is 77.5 cm³/mol. The number of rotatable bonds is 6. The fourth-order valence-electron chi connectivity index (χ4n) is 2.05. The maximum atomic E-state index is 13.8. The molecule has 1 atom stereocenters. The van der Waals surface area contributed by atoms with Crippen LogP contribution in [0.1, 0.15) is 30.5 Å². The Morgan fingerprint density at radius 2 is 2.11 bits per heavy atom. The van der Waals surface area contributed by atoms with Crippen molar-refractivity contribution >= 4 is 15.9 Å². The second-order valence-electron chi connectivity index (χ2n) is 4.45. The Labute approximate surface area is 121 Å². The minimum absolute atomic E-state index is 0.0463. The third-order valence-electron chi connectivity index (χ3n) is 3.04. The van der Waals surface area contributed by atoms with Crippen molar-refractivity contribution in [2.24, 2.45) is 0 Å². The van der Waals surface area contributed by atoms with Gasteiger partial charge in [-0.1, -0.05) is 25.1 Å². The van der Waals surface area contributed by atoms with Crippen LogP contribution in [0.25, 0.3) is 0 Å². The number of nitrogens with one attached hydrogen (secondary N) is 1. The smallest absolute Gasteiger partial charge is 0.173 e. The van der Waals surface area contributed by atoms with Gasteiger partial charge in [0.1, 0.15) is 5.82 Å². The van der Waals surface area contributed by atoms with Crippen molar-refractivity contribution in [1.29, 1.82) is 0 Å². The summed E-state index contributed by atoms with van der Waals surface area (Å²) in [5.74, 6) is -0.162. The molecule has 0 saturated heterocycles. The molecule has 1 heterocycles. The standard InChI is InChI=1S/C15H17BrFNO/c1-2-8-18-14(12-7-9-19-15(12)16)10-11-5-3-4-6-13(11)17/h3-7,9,14,18H,2,8,10H2,1H3. The Morgan fingerprint density at radius 1 is 1.32 bits per heavy atom. The van der Waals surface area contributed by atoms with Gasteiger partial charge in [-0.25, -0.2) is 4.39 Å². The molecule has 4 heteroatoms. The van der Waals surface area contributed by atoms with Crippen LogP contribution in [-0.4, -0.2) is 6.54 Å². The highest BCUT2D eigenvalue weighted by atomic mass is 79.9. The van der Waals surface area contributed by atoms with Crippen molar-refractivity contribution in [3.8, 4) is 0 Å². The van der Waals surface area contributed by atoms with Gasteiger partial charge in [0.15, 0.2) is 4.67 Å². The molecule has 0 amide bonds. The van der Waals surface area contributed by atoms with Gasteiger partial charge >= 0.3 is 0 Å². The van der Waals surface area contributed by atoms with E-state index in [4.69, 9.17) is 4.42 Å². The first-order valence-electron chi connectivity index (χ1n) is 6.42. The fraction of sp³-hybridized carbons (Fsp3) is 0.333. The summed E-state index contributed by atoms with van der Waals surface area (Å²) in [7, 11) is 0. The molecule has 0 aliphatic rings. The van der Waals surface area contributed by atoms with Gasteiger partial charge in [-0.15, -0.1) is 0 Å². The van der Waals surface area contributed by atoms with Gasteiger partial charge in [0, 0.05) is 11.6 Å². The molecule has 0 spiro atoms. The summed E-state index contributed by atoms with van der Waals surface area (Å²) in [5, 5.41) is 3.43. The summed E-state index contributed by atoms with van der Waals surface area (Å²) in [6.07, 6.45) is 3.27. The first-order chi connectivity index (χ1) is 9.22. The summed E-state index contributed by atoms with van der Waals surface area (Å²) >= 11 is 3.39. The number of furan rings is 1. The highest BCUT2D eigenvalue weighted by Gasteiger charge is 2.18. The van der Waals surface area contributed by atoms with Gasteiger partial charge in [-0.3, -0.25) is 0 Å². The minimum Gasteiger partial charge on any atom is -0.457 e. The summed E-state index contributed by atoms with van der Waals surface area (Å²) in [4.78, 5) is 0. The van der Waals surface area contributed by atoms with E-state index >= 15 is 0 Å². The van der Waals surface area contributed by atoms with Gasteiger partial charge < -0.3 is 9.73 Å². The number of benzene rings is 1. The third kappa shape index (κ3) is 3.67. The van der Waals surface area contributed by atoms with Crippen LogP contribution in [0, 0.1) is 5.82 Å². The molecule has 1 unspecified atom stereocenters. The van der Waals surface area contributed by atoms with E-state index in [9.17, 15) is 4.39 Å². The largest absolute Gasteiger partial charge is 0.457 e. The van der Waals surface area contributed by atoms with E-state index in [1.54, 1.807) is 12.3 Å². The van der Waals surface area contributed by atoms with Crippen LogP contribution in [-0.2, 0) is 6.42 Å². The Balaban J connectivity index is 2.19. The van der Waals surface area contributed by atoms with Gasteiger partial charge in [0.2, 0.25) is 0 Å². The van der Waals surface area contributed by atoms with Crippen LogP contribution >= 0.6 is 15.9 Å². The summed E-state index contributed by atoms with van der Waals surface area (Å²) < 4.78 is 19.7. The molecule has 0 aliphatic heterocycles. The first-order valence-corrected chi connectivity index (χ1v) is 7.21. The zero-order valence-corrected chi connectivity index (χ0v) is 12.4. The van der Waals surface area contributed by atoms with E-state index in [0.717, 1.165) is 18.5 Å². The van der Waals surface area contributed by atoms with Crippen molar-refractivity contribution in [3.05, 3.63) is 58.2 Å². The van der Waals surface area contributed by atoms with Crippen molar-refractivity contribution in [1.82, 2.24) is 5.32 Å². The lowest BCUT2D eigenvalue weighted by Gasteiger charge is -2.18. The molecule has 1 N–H and O–H groups in total. The van der Waals surface area contributed by atoms with Gasteiger partial charge in [0.25, 0.3) is 0 Å². The highest BCUT2D eigenvalue weighted by molar-refractivity contribution is 9.10. The fourth-order valence-corrected chi connectivity index (χ4v) is 2.56. The Bertz CT molecular complexity index is 526. The van der Waals surface area contributed by atoms with E-state index in [0.29, 0.717) is 16.7 Å². The topological polar surface area (TPSA) is 25.2 Å². The van der Waals surface area contributed by atoms with Gasteiger partial charge in [-0.2, -0.15) is 0 Å². The highest BCUT2D eigenvalue weighted by Crippen LogP contribution is 2.27. The lowest BCUT2D eigenvalue weighted by Crippen LogP contribution is -2.24. The zero-order valence-electron chi connectivity index (χ0n) is 10.8. The molecule has 0 aliphatic carbocycles. The van der Waals surface area contributed by atoms with Gasteiger partial charge in [-0.05, 0) is 53.0 Å². The molecular formula is C15H17BrFNO. The normalized spacial score (nSPS) is 12.6. The summed E-state index contributed by atoms with van der Waals surface area (Å²) in [5.41, 5.74) is 1.74. The second kappa shape index (κ2) is 6.87. The first kappa shape index (κ1) is 14.3. The molecule has 0 radical (unpaired) electrons. The lowest BCUT2D eigenvalue weighted by atomic mass is 10.0. The van der Waals surface area contributed by atoms with Gasteiger partial charge in [0.05, 0.1) is 6.26 Å². The molecular weight excluding hydrogens is 309 g/mol.